The van der Waals surface area contributed by atoms with Crippen LogP contribution in [-0.2, 0) is 16.1 Å². The molecular weight excluding hydrogens is 330 g/mol. The number of thiophene rings is 1. The van der Waals surface area contributed by atoms with Gasteiger partial charge in [0.2, 0.25) is 0 Å². The fraction of sp³-hybridized carbons (Fsp3) is 0.294. The van der Waals surface area contributed by atoms with Gasteiger partial charge in [0.25, 0.3) is 5.91 Å². The number of amides is 1. The highest BCUT2D eigenvalue weighted by molar-refractivity contribution is 7.07. The number of hydrogen-bond acceptors (Lipinski definition) is 6. The molecule has 1 aromatic carbocycles. The van der Waals surface area contributed by atoms with E-state index in [0.29, 0.717) is 18.0 Å². The van der Waals surface area contributed by atoms with E-state index < -0.39 is 5.97 Å². The number of nitrogens with zero attached hydrogens (tertiary/aromatic N) is 1. The molecule has 0 unspecified atom stereocenters. The fourth-order valence-electron chi connectivity index (χ4n) is 2.03. The molecule has 0 spiro atoms. The molecule has 128 valence electrons. The number of methoxy groups -OCH3 is 2. The third kappa shape index (κ3) is 4.48. The highest BCUT2D eigenvalue weighted by Gasteiger charge is 2.18. The van der Waals surface area contributed by atoms with Crippen LogP contribution in [0.25, 0.3) is 0 Å². The van der Waals surface area contributed by atoms with Crippen molar-refractivity contribution in [3.63, 3.8) is 0 Å². The Morgan fingerprint density at radius 3 is 2.58 bits per heavy atom. The van der Waals surface area contributed by atoms with Crippen molar-refractivity contribution in [3.8, 4) is 11.5 Å². The second-order valence-corrected chi connectivity index (χ2v) is 5.80. The molecule has 0 saturated heterocycles. The van der Waals surface area contributed by atoms with Gasteiger partial charge in [0.15, 0.2) is 6.61 Å². The number of carbonyl (C=O) groups excluding carboxylic acids is 2. The van der Waals surface area contributed by atoms with Gasteiger partial charge in [-0.3, -0.25) is 4.79 Å². The van der Waals surface area contributed by atoms with Crippen LogP contribution in [0.2, 0.25) is 0 Å². The second-order valence-electron chi connectivity index (χ2n) is 5.02. The van der Waals surface area contributed by atoms with Crippen LogP contribution in [0.1, 0.15) is 15.9 Å². The van der Waals surface area contributed by atoms with Gasteiger partial charge in [-0.15, -0.1) is 0 Å². The Morgan fingerprint density at radius 1 is 1.17 bits per heavy atom. The number of esters is 1. The van der Waals surface area contributed by atoms with Crippen molar-refractivity contribution in [2.45, 2.75) is 6.54 Å². The molecule has 6 nitrogen and oxygen atoms in total. The molecule has 1 heterocycles. The summed E-state index contributed by atoms with van der Waals surface area (Å²) in [6, 6.07) is 6.75. The van der Waals surface area contributed by atoms with Crippen molar-refractivity contribution in [1.82, 2.24) is 4.90 Å². The molecule has 2 rings (SSSR count). The van der Waals surface area contributed by atoms with Gasteiger partial charge in [0, 0.05) is 13.6 Å². The normalized spacial score (nSPS) is 10.1. The standard InChI is InChI=1S/C17H19NO5S/c1-18(9-12-6-7-24-11-12)16(19)10-23-17(20)14-8-13(21-2)4-5-15(14)22-3/h4-8,11H,9-10H2,1-3H3. The maximum absolute atomic E-state index is 12.2. The second kappa shape index (κ2) is 8.35. The van der Waals surface area contributed by atoms with Crippen LogP contribution >= 0.6 is 11.3 Å². The smallest absolute Gasteiger partial charge is 0.342 e. The van der Waals surface area contributed by atoms with Gasteiger partial charge >= 0.3 is 5.97 Å². The van der Waals surface area contributed by atoms with Crippen molar-refractivity contribution in [1.29, 1.82) is 0 Å². The topological polar surface area (TPSA) is 65.1 Å². The van der Waals surface area contributed by atoms with Crippen molar-refractivity contribution in [2.75, 3.05) is 27.9 Å². The molecule has 0 atom stereocenters. The minimum absolute atomic E-state index is 0.213. The Balaban J connectivity index is 1.96. The summed E-state index contributed by atoms with van der Waals surface area (Å²) in [5, 5.41) is 3.92. The lowest BCUT2D eigenvalue weighted by atomic mass is 10.2. The van der Waals surface area contributed by atoms with Gasteiger partial charge in [0.05, 0.1) is 14.2 Å². The molecule has 7 heteroatoms. The molecule has 24 heavy (non-hydrogen) atoms. The highest BCUT2D eigenvalue weighted by atomic mass is 32.1. The van der Waals surface area contributed by atoms with Crippen molar-refractivity contribution in [2.24, 2.45) is 0 Å². The molecule has 0 N–H and O–H groups in total. The lowest BCUT2D eigenvalue weighted by Gasteiger charge is -2.16. The zero-order valence-corrected chi connectivity index (χ0v) is 14.6. The maximum atomic E-state index is 12.2. The number of ether oxygens (including phenoxy) is 3. The molecular formula is C17H19NO5S. The minimum Gasteiger partial charge on any atom is -0.497 e. The molecule has 0 radical (unpaired) electrons. The predicted molar refractivity (Wildman–Crippen MR) is 90.6 cm³/mol. The number of rotatable bonds is 7. The van der Waals surface area contributed by atoms with E-state index in [1.807, 2.05) is 16.8 Å². The zero-order valence-electron chi connectivity index (χ0n) is 13.8. The minimum atomic E-state index is -0.636. The predicted octanol–water partition coefficient (Wildman–Crippen LogP) is 2.58. The Labute approximate surface area is 144 Å². The Hall–Kier alpha value is -2.54. The van der Waals surface area contributed by atoms with Crippen LogP contribution < -0.4 is 9.47 Å². The van der Waals surface area contributed by atoms with E-state index in [-0.39, 0.29) is 18.1 Å². The average Bonchev–Trinajstić information content (AvgIpc) is 3.11. The molecule has 0 saturated carbocycles. The summed E-state index contributed by atoms with van der Waals surface area (Å²) in [5.41, 5.74) is 1.25. The molecule has 1 aromatic heterocycles. The lowest BCUT2D eigenvalue weighted by Crippen LogP contribution is -2.30. The van der Waals surface area contributed by atoms with E-state index in [1.165, 1.54) is 25.2 Å². The first-order valence-corrected chi connectivity index (χ1v) is 8.13. The molecule has 0 aliphatic rings. The zero-order chi connectivity index (χ0) is 17.5. The maximum Gasteiger partial charge on any atom is 0.342 e. The fourth-order valence-corrected chi connectivity index (χ4v) is 2.69. The molecule has 1 amide bonds. The quantitative estimate of drug-likeness (QED) is 0.719. The first-order chi connectivity index (χ1) is 11.5. The summed E-state index contributed by atoms with van der Waals surface area (Å²) in [6.07, 6.45) is 0. The number of carbonyl (C=O) groups is 2. The van der Waals surface area contributed by atoms with Crippen molar-refractivity contribution < 1.29 is 23.8 Å². The molecule has 0 bridgehead atoms. The monoisotopic (exact) mass is 349 g/mol. The van der Waals surface area contributed by atoms with Crippen molar-refractivity contribution in [3.05, 3.63) is 46.2 Å². The van der Waals surface area contributed by atoms with Crippen LogP contribution in [0.5, 0.6) is 11.5 Å². The van der Waals surface area contributed by atoms with Crippen LogP contribution in [0.4, 0.5) is 0 Å². The van der Waals surface area contributed by atoms with Crippen LogP contribution in [0.3, 0.4) is 0 Å². The SMILES string of the molecule is COc1ccc(OC)c(C(=O)OCC(=O)N(C)Cc2ccsc2)c1. The molecule has 2 aromatic rings. The van der Waals surface area contributed by atoms with E-state index in [0.717, 1.165) is 5.56 Å². The lowest BCUT2D eigenvalue weighted by molar-refractivity contribution is -0.133. The Bertz CT molecular complexity index is 699. The molecule has 0 fully saturated rings. The third-order valence-corrected chi connectivity index (χ3v) is 4.11. The van der Waals surface area contributed by atoms with Gasteiger partial charge < -0.3 is 19.1 Å². The van der Waals surface area contributed by atoms with Gasteiger partial charge in [-0.1, -0.05) is 0 Å². The number of likely N-dealkylation sites (N-methyl/N-ethyl adjacent to an activating group) is 1. The summed E-state index contributed by atoms with van der Waals surface area (Å²) in [7, 11) is 4.62. The Kier molecular flexibility index (Phi) is 6.20. The van der Waals surface area contributed by atoms with E-state index in [1.54, 1.807) is 30.5 Å². The van der Waals surface area contributed by atoms with E-state index in [2.05, 4.69) is 0 Å². The summed E-state index contributed by atoms with van der Waals surface area (Å²) in [6.45, 7) is 0.141. The largest absolute Gasteiger partial charge is 0.497 e. The van der Waals surface area contributed by atoms with E-state index in [4.69, 9.17) is 14.2 Å². The van der Waals surface area contributed by atoms with E-state index in [9.17, 15) is 9.59 Å². The van der Waals surface area contributed by atoms with Gasteiger partial charge in [-0.25, -0.2) is 4.79 Å². The van der Waals surface area contributed by atoms with Crippen LogP contribution in [-0.4, -0.2) is 44.7 Å². The summed E-state index contributed by atoms with van der Waals surface area (Å²) < 4.78 is 15.3. The highest BCUT2D eigenvalue weighted by Crippen LogP contribution is 2.24. The number of benzene rings is 1. The summed E-state index contributed by atoms with van der Waals surface area (Å²) >= 11 is 1.57. The summed E-state index contributed by atoms with van der Waals surface area (Å²) in [5.74, 6) is -0.0528. The van der Waals surface area contributed by atoms with Gasteiger partial charge in [0.1, 0.15) is 17.1 Å². The van der Waals surface area contributed by atoms with E-state index >= 15 is 0 Å². The van der Waals surface area contributed by atoms with Crippen molar-refractivity contribution >= 4 is 23.2 Å². The first-order valence-electron chi connectivity index (χ1n) is 7.19. The first kappa shape index (κ1) is 17.8. The molecule has 0 aliphatic heterocycles. The average molecular weight is 349 g/mol. The third-order valence-electron chi connectivity index (χ3n) is 3.38. The summed E-state index contributed by atoms with van der Waals surface area (Å²) in [4.78, 5) is 25.8. The van der Waals surface area contributed by atoms with Gasteiger partial charge in [-0.05, 0) is 40.6 Å². The Morgan fingerprint density at radius 2 is 1.96 bits per heavy atom. The van der Waals surface area contributed by atoms with Crippen LogP contribution in [0, 0.1) is 0 Å². The van der Waals surface area contributed by atoms with Gasteiger partial charge in [-0.2, -0.15) is 11.3 Å². The van der Waals surface area contributed by atoms with Crippen LogP contribution in [0.15, 0.2) is 35.0 Å². The number of hydrogen-bond donors (Lipinski definition) is 0. The molecule has 0 aliphatic carbocycles.